The maximum Gasteiger partial charge on any atom is 0.224 e. The number of nitrogens with one attached hydrogen (secondary N) is 1. The largest absolute Gasteiger partial charge is 0.362 e. The minimum Gasteiger partial charge on any atom is -0.362 e. The first-order chi connectivity index (χ1) is 7.46. The Bertz CT molecular complexity index is 546. The molecule has 0 bridgehead atoms. The second-order valence-corrected chi connectivity index (χ2v) is 6.37. The van der Waals surface area contributed by atoms with E-state index in [1.165, 1.54) is 11.6 Å². The fourth-order valence-corrected chi connectivity index (χ4v) is 2.96. The summed E-state index contributed by atoms with van der Waals surface area (Å²) in [7, 11) is -3.07. The van der Waals surface area contributed by atoms with Crippen LogP contribution in [0.5, 0.6) is 0 Å². The molecule has 0 fully saturated rings. The molecule has 0 aliphatic carbocycles. The van der Waals surface area contributed by atoms with E-state index < -0.39 is 9.84 Å². The highest BCUT2D eigenvalue weighted by Gasteiger charge is 2.22. The van der Waals surface area contributed by atoms with Crippen LogP contribution in [0.25, 0.3) is 0 Å². The molecule has 0 aromatic carbocycles. The molecule has 1 aromatic heterocycles. The Labute approximate surface area is 106 Å². The Morgan fingerprint density at radius 2 is 2.31 bits per heavy atom. The van der Waals surface area contributed by atoms with E-state index in [0.717, 1.165) is 0 Å². The molecule has 0 amide bonds. The Kier molecular flexibility index (Phi) is 3.18. The van der Waals surface area contributed by atoms with Crippen molar-refractivity contribution in [1.29, 1.82) is 0 Å². The van der Waals surface area contributed by atoms with Crippen molar-refractivity contribution in [2.45, 2.75) is 6.04 Å². The molecule has 86 valence electrons. The van der Waals surface area contributed by atoms with Crippen LogP contribution in [0.1, 0.15) is 0 Å². The fraction of sp³-hybridized carbons (Fsp3) is 0.250. The number of hydrogen-bond acceptors (Lipinski definition) is 5. The monoisotopic (exact) mass is 323 g/mol. The van der Waals surface area contributed by atoms with Crippen molar-refractivity contribution in [2.24, 2.45) is 0 Å². The molecule has 0 saturated heterocycles. The average molecular weight is 325 g/mol. The number of anilines is 1. The van der Waals surface area contributed by atoms with Crippen LogP contribution >= 0.6 is 27.5 Å². The van der Waals surface area contributed by atoms with Crippen molar-refractivity contribution < 1.29 is 8.42 Å². The summed E-state index contributed by atoms with van der Waals surface area (Å²) in [5, 5.41) is 4.26. The summed E-state index contributed by atoms with van der Waals surface area (Å²) in [4.78, 5) is 7.73. The number of rotatable bonds is 2. The third kappa shape index (κ3) is 2.72. The third-order valence-corrected chi connectivity index (χ3v) is 4.12. The van der Waals surface area contributed by atoms with Gasteiger partial charge in [0, 0.05) is 11.6 Å². The molecule has 16 heavy (non-hydrogen) atoms. The first-order valence-electron chi connectivity index (χ1n) is 4.32. The van der Waals surface area contributed by atoms with Crippen LogP contribution in [0, 0.1) is 0 Å². The van der Waals surface area contributed by atoms with E-state index in [1.807, 2.05) is 0 Å². The van der Waals surface area contributed by atoms with Gasteiger partial charge in [0.05, 0.1) is 16.3 Å². The van der Waals surface area contributed by atoms with Gasteiger partial charge in [0.1, 0.15) is 5.82 Å². The second kappa shape index (κ2) is 4.31. The summed E-state index contributed by atoms with van der Waals surface area (Å²) in [6, 6.07) is -0.285. The zero-order valence-corrected chi connectivity index (χ0v) is 11.1. The number of sulfone groups is 1. The van der Waals surface area contributed by atoms with E-state index in [0.29, 0.717) is 10.3 Å². The van der Waals surface area contributed by atoms with Gasteiger partial charge in [0.2, 0.25) is 5.28 Å². The van der Waals surface area contributed by atoms with E-state index >= 15 is 0 Å². The lowest BCUT2D eigenvalue weighted by atomic mass is 10.3. The Morgan fingerprint density at radius 1 is 1.56 bits per heavy atom. The molecule has 1 aliphatic heterocycles. The lowest BCUT2D eigenvalue weighted by Crippen LogP contribution is -2.21. The first kappa shape index (κ1) is 11.8. The topological polar surface area (TPSA) is 72.0 Å². The first-order valence-corrected chi connectivity index (χ1v) is 7.20. The minimum atomic E-state index is -3.07. The molecule has 8 heteroatoms. The second-order valence-electron chi connectivity index (χ2n) is 3.24. The molecule has 1 unspecified atom stereocenters. The Balaban J connectivity index is 2.17. The van der Waals surface area contributed by atoms with Crippen LogP contribution in [0.15, 0.2) is 22.2 Å². The van der Waals surface area contributed by atoms with Crippen LogP contribution in [-0.2, 0) is 9.84 Å². The van der Waals surface area contributed by atoms with Crippen LogP contribution in [0.2, 0.25) is 5.28 Å². The molecule has 1 N–H and O–H groups in total. The quantitative estimate of drug-likeness (QED) is 0.837. The number of nitrogens with zero attached hydrogens (tertiary/aromatic N) is 2. The summed E-state index contributed by atoms with van der Waals surface area (Å²) in [5.74, 6) is 0.507. The van der Waals surface area contributed by atoms with Crippen molar-refractivity contribution in [2.75, 3.05) is 11.1 Å². The number of aromatic nitrogens is 2. The van der Waals surface area contributed by atoms with Gasteiger partial charge in [-0.15, -0.1) is 0 Å². The van der Waals surface area contributed by atoms with Gasteiger partial charge >= 0.3 is 0 Å². The number of halogens is 2. The Hall–Kier alpha value is -0.660. The molecule has 0 radical (unpaired) electrons. The van der Waals surface area contributed by atoms with Gasteiger partial charge < -0.3 is 5.32 Å². The lowest BCUT2D eigenvalue weighted by Gasteiger charge is -2.11. The predicted molar refractivity (Wildman–Crippen MR) is 65.1 cm³/mol. The zero-order valence-electron chi connectivity index (χ0n) is 7.89. The van der Waals surface area contributed by atoms with Crippen LogP contribution in [0.4, 0.5) is 5.82 Å². The standard InChI is InChI=1S/C8H7BrClN3O2S/c9-6-3-11-8(10)13-7(6)12-5-1-2-16(14,15)4-5/h1-3,5H,4H2,(H,11,12,13). The molecule has 2 heterocycles. The average Bonchev–Trinajstić information content (AvgIpc) is 2.52. The van der Waals surface area contributed by atoms with E-state index in [1.54, 1.807) is 6.08 Å². The molecular weight excluding hydrogens is 318 g/mol. The van der Waals surface area contributed by atoms with Crippen molar-refractivity contribution in [1.82, 2.24) is 9.97 Å². The van der Waals surface area contributed by atoms with Gasteiger partial charge in [-0.25, -0.2) is 13.4 Å². The van der Waals surface area contributed by atoms with Crippen molar-refractivity contribution in [3.63, 3.8) is 0 Å². The maximum atomic E-state index is 11.2. The van der Waals surface area contributed by atoms with Crippen molar-refractivity contribution in [3.8, 4) is 0 Å². The van der Waals surface area contributed by atoms with E-state index in [4.69, 9.17) is 11.6 Å². The maximum absolute atomic E-state index is 11.2. The van der Waals surface area contributed by atoms with Gasteiger partial charge in [-0.1, -0.05) is 0 Å². The highest BCUT2D eigenvalue weighted by molar-refractivity contribution is 9.10. The van der Waals surface area contributed by atoms with Crippen molar-refractivity contribution >= 4 is 43.2 Å². The minimum absolute atomic E-state index is 0.0288. The molecule has 0 spiro atoms. The number of hydrogen-bond donors (Lipinski definition) is 1. The third-order valence-electron chi connectivity index (χ3n) is 1.97. The Morgan fingerprint density at radius 3 is 2.94 bits per heavy atom. The molecule has 5 nitrogen and oxygen atoms in total. The molecule has 2 rings (SSSR count). The fourth-order valence-electron chi connectivity index (χ4n) is 1.29. The van der Waals surface area contributed by atoms with Gasteiger partial charge in [0.15, 0.2) is 9.84 Å². The lowest BCUT2D eigenvalue weighted by molar-refractivity contribution is 0.605. The summed E-state index contributed by atoms with van der Waals surface area (Å²) in [6.07, 6.45) is 3.09. The highest BCUT2D eigenvalue weighted by Crippen LogP contribution is 2.22. The molecule has 0 saturated carbocycles. The summed E-state index contributed by atoms with van der Waals surface area (Å²) in [5.41, 5.74) is 0. The SMILES string of the molecule is O=S1(=O)C=CC(Nc2nc(Cl)ncc2Br)C1. The van der Waals surface area contributed by atoms with Crippen LogP contribution in [-0.4, -0.2) is 30.2 Å². The van der Waals surface area contributed by atoms with E-state index in [-0.39, 0.29) is 17.1 Å². The molecule has 1 aliphatic rings. The zero-order chi connectivity index (χ0) is 11.8. The predicted octanol–water partition coefficient (Wildman–Crippen LogP) is 1.62. The van der Waals surface area contributed by atoms with E-state index in [2.05, 4.69) is 31.2 Å². The van der Waals surface area contributed by atoms with Gasteiger partial charge in [-0.2, -0.15) is 4.98 Å². The van der Waals surface area contributed by atoms with E-state index in [9.17, 15) is 8.42 Å². The summed E-state index contributed by atoms with van der Waals surface area (Å²) >= 11 is 8.89. The van der Waals surface area contributed by atoms with Crippen LogP contribution < -0.4 is 5.32 Å². The van der Waals surface area contributed by atoms with Gasteiger partial charge in [-0.3, -0.25) is 0 Å². The molecule has 1 aromatic rings. The summed E-state index contributed by atoms with van der Waals surface area (Å²) < 4.78 is 23.0. The smallest absolute Gasteiger partial charge is 0.224 e. The molecular formula is C8H7BrClN3O2S. The van der Waals surface area contributed by atoms with Gasteiger partial charge in [-0.05, 0) is 33.6 Å². The normalized spacial score (nSPS) is 22.2. The molecule has 1 atom stereocenters. The highest BCUT2D eigenvalue weighted by atomic mass is 79.9. The van der Waals surface area contributed by atoms with Crippen molar-refractivity contribution in [3.05, 3.63) is 27.4 Å². The summed E-state index contributed by atoms with van der Waals surface area (Å²) in [6.45, 7) is 0. The van der Waals surface area contributed by atoms with Gasteiger partial charge in [0.25, 0.3) is 0 Å². The van der Waals surface area contributed by atoms with Crippen LogP contribution in [0.3, 0.4) is 0 Å².